The number of hydrogen-bond donors (Lipinski definition) is 1. The summed E-state index contributed by atoms with van der Waals surface area (Å²) in [7, 11) is 0. The molecule has 1 aromatic carbocycles. The number of carbonyl (C=O) groups excluding carboxylic acids is 2. The predicted molar refractivity (Wildman–Crippen MR) is 72.5 cm³/mol. The molecule has 0 unspecified atom stereocenters. The summed E-state index contributed by atoms with van der Waals surface area (Å²) in [5.74, 6) is -0.499. The molecule has 0 fully saturated rings. The predicted octanol–water partition coefficient (Wildman–Crippen LogP) is 1.52. The third-order valence-corrected chi connectivity index (χ3v) is 2.55. The van der Waals surface area contributed by atoms with Gasteiger partial charge in [-0.2, -0.15) is 10.5 Å². The zero-order valence-corrected chi connectivity index (χ0v) is 11.1. The first-order valence-corrected chi connectivity index (χ1v) is 6.05. The van der Waals surface area contributed by atoms with Crippen molar-refractivity contribution in [2.75, 3.05) is 18.4 Å². The zero-order chi connectivity index (χ0) is 15.0. The number of hydrogen-bond acceptors (Lipinski definition) is 4. The fraction of sp³-hybridized carbons (Fsp3) is 0.286. The molecule has 20 heavy (non-hydrogen) atoms. The van der Waals surface area contributed by atoms with Gasteiger partial charge in [0.15, 0.2) is 0 Å². The van der Waals surface area contributed by atoms with Gasteiger partial charge >= 0.3 is 0 Å². The largest absolute Gasteiger partial charge is 0.326 e. The Kier molecular flexibility index (Phi) is 5.74. The molecule has 0 saturated carbocycles. The van der Waals surface area contributed by atoms with Gasteiger partial charge in [0.05, 0.1) is 12.1 Å². The molecule has 0 saturated heterocycles. The van der Waals surface area contributed by atoms with Gasteiger partial charge in [-0.1, -0.05) is 6.92 Å². The van der Waals surface area contributed by atoms with E-state index >= 15 is 0 Å². The molecule has 0 aliphatic rings. The summed E-state index contributed by atoms with van der Waals surface area (Å²) in [6.45, 7) is 1.47. The molecule has 0 radical (unpaired) electrons. The zero-order valence-electron chi connectivity index (χ0n) is 11.1. The van der Waals surface area contributed by atoms with Crippen LogP contribution in [0, 0.1) is 22.7 Å². The summed E-state index contributed by atoms with van der Waals surface area (Å²) in [5.41, 5.74) is 0.963. The Labute approximate surface area is 117 Å². The summed E-state index contributed by atoms with van der Waals surface area (Å²) < 4.78 is 0. The normalized spacial score (nSPS) is 9.15. The summed E-state index contributed by atoms with van der Waals surface area (Å²) in [6, 6.07) is 10.0. The second-order valence-electron chi connectivity index (χ2n) is 3.96. The van der Waals surface area contributed by atoms with Crippen molar-refractivity contribution in [3.8, 4) is 12.1 Å². The summed E-state index contributed by atoms with van der Waals surface area (Å²) in [6.07, 6.45) is 0.374. The molecule has 0 aliphatic carbocycles. The van der Waals surface area contributed by atoms with E-state index in [4.69, 9.17) is 10.5 Å². The minimum atomic E-state index is -0.388. The molecule has 0 bridgehead atoms. The van der Waals surface area contributed by atoms with Gasteiger partial charge in [0, 0.05) is 17.7 Å². The maximum atomic E-state index is 12.1. The molecule has 1 N–H and O–H groups in total. The number of carbonyl (C=O) groups is 2. The third kappa shape index (κ3) is 4.11. The third-order valence-electron chi connectivity index (χ3n) is 2.55. The van der Waals surface area contributed by atoms with Crippen LogP contribution in [0.5, 0.6) is 0 Å². The Morgan fingerprint density at radius 1 is 1.15 bits per heavy atom. The van der Waals surface area contributed by atoms with Crippen LogP contribution in [-0.4, -0.2) is 29.8 Å². The number of amides is 2. The molecule has 0 heterocycles. The summed E-state index contributed by atoms with van der Waals surface area (Å²) >= 11 is 0. The van der Waals surface area contributed by atoms with Gasteiger partial charge in [-0.3, -0.25) is 9.59 Å². The number of benzene rings is 1. The summed E-state index contributed by atoms with van der Waals surface area (Å²) in [5, 5.41) is 19.9. The van der Waals surface area contributed by atoms with E-state index in [2.05, 4.69) is 5.32 Å². The van der Waals surface area contributed by atoms with Crippen LogP contribution in [0.2, 0.25) is 0 Å². The minimum Gasteiger partial charge on any atom is -0.326 e. The molecule has 6 nitrogen and oxygen atoms in total. The second kappa shape index (κ2) is 7.55. The molecular weight excluding hydrogens is 256 g/mol. The first kappa shape index (κ1) is 15.2. The van der Waals surface area contributed by atoms with Gasteiger partial charge in [0.25, 0.3) is 5.91 Å². The highest BCUT2D eigenvalue weighted by Gasteiger charge is 2.14. The van der Waals surface area contributed by atoms with E-state index in [9.17, 15) is 9.59 Å². The van der Waals surface area contributed by atoms with Gasteiger partial charge < -0.3 is 10.2 Å². The standard InChI is InChI=1S/C14H14N4O2/c1-2-13(19)17-12-5-3-11(4-6-12)14(20)18(9-7-15)10-8-16/h3-6H,2,9-10H2,1H3,(H,17,19). The van der Waals surface area contributed by atoms with Gasteiger partial charge in [-0.15, -0.1) is 0 Å². The molecule has 0 atom stereocenters. The maximum Gasteiger partial charge on any atom is 0.255 e. The molecule has 1 aromatic rings. The van der Waals surface area contributed by atoms with E-state index in [-0.39, 0.29) is 24.9 Å². The molecule has 1 rings (SSSR count). The van der Waals surface area contributed by atoms with Crippen molar-refractivity contribution >= 4 is 17.5 Å². The van der Waals surface area contributed by atoms with Crippen LogP contribution in [-0.2, 0) is 4.79 Å². The topological polar surface area (TPSA) is 97.0 Å². The van der Waals surface area contributed by atoms with E-state index in [1.807, 2.05) is 12.1 Å². The molecule has 0 spiro atoms. The fourth-order valence-corrected chi connectivity index (χ4v) is 1.50. The van der Waals surface area contributed by atoms with Crippen molar-refractivity contribution < 1.29 is 9.59 Å². The number of anilines is 1. The number of nitrogens with zero attached hydrogens (tertiary/aromatic N) is 3. The first-order chi connectivity index (χ1) is 9.62. The van der Waals surface area contributed by atoms with Gasteiger partial charge in [0.1, 0.15) is 13.1 Å². The van der Waals surface area contributed by atoms with Crippen LogP contribution in [0.25, 0.3) is 0 Å². The lowest BCUT2D eigenvalue weighted by molar-refractivity contribution is -0.115. The lowest BCUT2D eigenvalue weighted by atomic mass is 10.1. The van der Waals surface area contributed by atoms with Crippen LogP contribution in [0.1, 0.15) is 23.7 Å². The average Bonchev–Trinajstić information content (AvgIpc) is 2.47. The highest BCUT2D eigenvalue weighted by Crippen LogP contribution is 2.12. The van der Waals surface area contributed by atoms with E-state index < -0.39 is 0 Å². The van der Waals surface area contributed by atoms with Gasteiger partial charge in [0.2, 0.25) is 5.91 Å². The first-order valence-electron chi connectivity index (χ1n) is 6.05. The Morgan fingerprint density at radius 2 is 1.70 bits per heavy atom. The number of nitriles is 2. The average molecular weight is 270 g/mol. The van der Waals surface area contributed by atoms with E-state index in [1.54, 1.807) is 31.2 Å². The van der Waals surface area contributed by atoms with Crippen molar-refractivity contribution in [3.63, 3.8) is 0 Å². The van der Waals surface area contributed by atoms with E-state index in [0.29, 0.717) is 17.7 Å². The van der Waals surface area contributed by atoms with Crippen molar-refractivity contribution in [3.05, 3.63) is 29.8 Å². The molecular formula is C14H14N4O2. The monoisotopic (exact) mass is 270 g/mol. The summed E-state index contributed by atoms with van der Waals surface area (Å²) in [4.78, 5) is 24.4. The Balaban J connectivity index is 2.82. The van der Waals surface area contributed by atoms with Crippen LogP contribution in [0.3, 0.4) is 0 Å². The Bertz CT molecular complexity index is 550. The Morgan fingerprint density at radius 3 is 2.15 bits per heavy atom. The van der Waals surface area contributed by atoms with E-state index in [0.717, 1.165) is 4.90 Å². The molecule has 6 heteroatoms. The van der Waals surface area contributed by atoms with Crippen molar-refractivity contribution in [2.45, 2.75) is 13.3 Å². The SMILES string of the molecule is CCC(=O)Nc1ccc(C(=O)N(CC#N)CC#N)cc1. The molecule has 0 aromatic heterocycles. The minimum absolute atomic E-state index is 0.111. The van der Waals surface area contributed by atoms with Gasteiger partial charge in [-0.05, 0) is 24.3 Å². The van der Waals surface area contributed by atoms with Crippen LogP contribution < -0.4 is 5.32 Å². The molecule has 2 amide bonds. The second-order valence-corrected chi connectivity index (χ2v) is 3.96. The molecule has 0 aliphatic heterocycles. The van der Waals surface area contributed by atoms with Gasteiger partial charge in [-0.25, -0.2) is 0 Å². The fourth-order valence-electron chi connectivity index (χ4n) is 1.50. The van der Waals surface area contributed by atoms with Crippen LogP contribution in [0.4, 0.5) is 5.69 Å². The lowest BCUT2D eigenvalue weighted by Crippen LogP contribution is -2.31. The highest BCUT2D eigenvalue weighted by atomic mass is 16.2. The molecule has 102 valence electrons. The number of rotatable bonds is 5. The number of nitrogens with one attached hydrogen (secondary N) is 1. The quantitative estimate of drug-likeness (QED) is 0.820. The van der Waals surface area contributed by atoms with Crippen molar-refractivity contribution in [1.29, 1.82) is 10.5 Å². The smallest absolute Gasteiger partial charge is 0.255 e. The maximum absolute atomic E-state index is 12.1. The van der Waals surface area contributed by atoms with Crippen molar-refractivity contribution in [1.82, 2.24) is 4.90 Å². The Hall–Kier alpha value is -2.86. The van der Waals surface area contributed by atoms with E-state index in [1.165, 1.54) is 0 Å². The van der Waals surface area contributed by atoms with Crippen LogP contribution >= 0.6 is 0 Å². The van der Waals surface area contributed by atoms with Crippen LogP contribution in [0.15, 0.2) is 24.3 Å². The van der Waals surface area contributed by atoms with Crippen molar-refractivity contribution in [2.24, 2.45) is 0 Å². The highest BCUT2D eigenvalue weighted by molar-refractivity contribution is 5.96. The lowest BCUT2D eigenvalue weighted by Gasteiger charge is -2.15.